The Labute approximate surface area is 140 Å². The summed E-state index contributed by atoms with van der Waals surface area (Å²) in [5.74, 6) is -0.951. The standard InChI is InChI=1S/C14H14BrClN2O4/c1-22-14(21)9-7-18(4-5-19)13(20)12(9)17-8-2-3-10(15)11(16)6-8/h2-3,6,17,19H,4-5,7H2,1H3. The van der Waals surface area contributed by atoms with Gasteiger partial charge in [0, 0.05) is 16.7 Å². The lowest BCUT2D eigenvalue weighted by molar-refractivity contribution is -0.136. The van der Waals surface area contributed by atoms with Gasteiger partial charge in [-0.1, -0.05) is 11.6 Å². The summed E-state index contributed by atoms with van der Waals surface area (Å²) in [5, 5.41) is 12.4. The molecule has 1 aliphatic heterocycles. The number of carbonyl (C=O) groups excluding carboxylic acids is 2. The molecule has 22 heavy (non-hydrogen) atoms. The zero-order valence-electron chi connectivity index (χ0n) is 11.7. The second-order valence-electron chi connectivity index (χ2n) is 4.55. The molecule has 6 nitrogen and oxygen atoms in total. The first kappa shape index (κ1) is 16.8. The van der Waals surface area contributed by atoms with E-state index in [-0.39, 0.29) is 36.9 Å². The second-order valence-corrected chi connectivity index (χ2v) is 5.81. The Kier molecular flexibility index (Phi) is 5.44. The second kappa shape index (κ2) is 7.13. The number of halogens is 2. The van der Waals surface area contributed by atoms with Crippen molar-refractivity contribution in [2.24, 2.45) is 0 Å². The van der Waals surface area contributed by atoms with Gasteiger partial charge in [-0.3, -0.25) is 4.79 Å². The molecule has 0 atom stereocenters. The van der Waals surface area contributed by atoms with Crippen LogP contribution in [0.4, 0.5) is 5.69 Å². The number of hydrogen-bond acceptors (Lipinski definition) is 5. The normalized spacial score (nSPS) is 14.5. The maximum atomic E-state index is 12.3. The van der Waals surface area contributed by atoms with Gasteiger partial charge in [-0.15, -0.1) is 0 Å². The zero-order chi connectivity index (χ0) is 16.3. The third kappa shape index (κ3) is 3.43. The highest BCUT2D eigenvalue weighted by molar-refractivity contribution is 9.10. The number of esters is 1. The topological polar surface area (TPSA) is 78.9 Å². The van der Waals surface area contributed by atoms with E-state index in [0.717, 1.165) is 4.47 Å². The molecule has 0 aliphatic carbocycles. The van der Waals surface area contributed by atoms with Crippen LogP contribution in [0.3, 0.4) is 0 Å². The SMILES string of the molecule is COC(=O)C1=C(Nc2ccc(Br)c(Cl)c2)C(=O)N(CCO)C1. The molecule has 0 aromatic heterocycles. The number of carbonyl (C=O) groups is 2. The van der Waals surface area contributed by atoms with Crippen LogP contribution in [0.1, 0.15) is 0 Å². The number of aliphatic hydroxyl groups is 1. The number of rotatable bonds is 5. The molecule has 1 amide bonds. The summed E-state index contributed by atoms with van der Waals surface area (Å²) in [6.07, 6.45) is 0. The minimum absolute atomic E-state index is 0.0959. The van der Waals surface area contributed by atoms with Gasteiger partial charge in [0.25, 0.3) is 5.91 Å². The van der Waals surface area contributed by atoms with E-state index in [9.17, 15) is 9.59 Å². The van der Waals surface area contributed by atoms with Crippen molar-refractivity contribution in [1.82, 2.24) is 4.90 Å². The molecule has 8 heteroatoms. The van der Waals surface area contributed by atoms with E-state index in [1.54, 1.807) is 18.2 Å². The highest BCUT2D eigenvalue weighted by Gasteiger charge is 2.34. The molecule has 2 N–H and O–H groups in total. The van der Waals surface area contributed by atoms with Crippen LogP contribution in [-0.2, 0) is 14.3 Å². The fraction of sp³-hybridized carbons (Fsp3) is 0.286. The van der Waals surface area contributed by atoms with Gasteiger partial charge in [0.05, 0.1) is 30.9 Å². The Morgan fingerprint density at radius 3 is 2.86 bits per heavy atom. The molecule has 118 valence electrons. The maximum Gasteiger partial charge on any atom is 0.337 e. The van der Waals surface area contributed by atoms with Crippen LogP contribution >= 0.6 is 27.5 Å². The van der Waals surface area contributed by atoms with Crippen LogP contribution in [0.15, 0.2) is 33.9 Å². The third-order valence-corrected chi connectivity index (χ3v) is 4.37. The Morgan fingerprint density at radius 2 is 2.27 bits per heavy atom. The summed E-state index contributed by atoms with van der Waals surface area (Å²) in [6.45, 7) is 0.0574. The molecule has 0 bridgehead atoms. The van der Waals surface area contributed by atoms with E-state index in [0.29, 0.717) is 10.7 Å². The lowest BCUT2D eigenvalue weighted by Gasteiger charge is -2.15. The number of ether oxygens (including phenoxy) is 1. The lowest BCUT2D eigenvalue weighted by Crippen LogP contribution is -2.31. The molecule has 1 aromatic rings. The van der Waals surface area contributed by atoms with Gasteiger partial charge >= 0.3 is 5.97 Å². The molecule has 1 aliphatic rings. The predicted molar refractivity (Wildman–Crippen MR) is 85.5 cm³/mol. The van der Waals surface area contributed by atoms with Gasteiger partial charge < -0.3 is 20.1 Å². The Balaban J connectivity index is 2.32. The summed E-state index contributed by atoms with van der Waals surface area (Å²) >= 11 is 9.30. The first-order valence-corrected chi connectivity index (χ1v) is 7.58. The van der Waals surface area contributed by atoms with Crippen LogP contribution < -0.4 is 5.32 Å². The van der Waals surface area contributed by atoms with Crippen LogP contribution in [0.2, 0.25) is 5.02 Å². The van der Waals surface area contributed by atoms with E-state index in [4.69, 9.17) is 21.4 Å². The molecule has 1 heterocycles. The number of hydrogen-bond donors (Lipinski definition) is 2. The molecular weight excluding hydrogens is 376 g/mol. The van der Waals surface area contributed by atoms with Crippen LogP contribution in [0, 0.1) is 0 Å². The van der Waals surface area contributed by atoms with Crippen molar-refractivity contribution in [1.29, 1.82) is 0 Å². The summed E-state index contributed by atoms with van der Waals surface area (Å²) in [4.78, 5) is 25.5. The largest absolute Gasteiger partial charge is 0.466 e. The van der Waals surface area contributed by atoms with Crippen molar-refractivity contribution in [2.45, 2.75) is 0 Å². The molecular formula is C14H14BrClN2O4. The molecule has 0 saturated carbocycles. The average molecular weight is 390 g/mol. The van der Waals surface area contributed by atoms with Gasteiger partial charge in [-0.25, -0.2) is 4.79 Å². The van der Waals surface area contributed by atoms with Gasteiger partial charge in [0.1, 0.15) is 5.70 Å². The van der Waals surface area contributed by atoms with Gasteiger partial charge in [0.15, 0.2) is 0 Å². The molecule has 0 unspecified atom stereocenters. The molecule has 0 spiro atoms. The predicted octanol–water partition coefficient (Wildman–Crippen LogP) is 1.78. The number of benzene rings is 1. The summed E-state index contributed by atoms with van der Waals surface area (Å²) in [6, 6.07) is 5.09. The highest BCUT2D eigenvalue weighted by atomic mass is 79.9. The molecule has 0 saturated heterocycles. The van der Waals surface area contributed by atoms with E-state index >= 15 is 0 Å². The monoisotopic (exact) mass is 388 g/mol. The minimum atomic E-state index is -0.584. The van der Waals surface area contributed by atoms with Crippen LogP contribution in [0.25, 0.3) is 0 Å². The number of β-amino-alcohol motifs (C(OH)–C–C–N with tert-alkyl or cyclic N) is 1. The number of nitrogens with one attached hydrogen (secondary N) is 1. The molecule has 2 rings (SSSR count). The van der Waals surface area contributed by atoms with E-state index in [1.165, 1.54) is 12.0 Å². The van der Waals surface area contributed by atoms with Crippen molar-refractivity contribution >= 4 is 45.1 Å². The van der Waals surface area contributed by atoms with Gasteiger partial charge in [0.2, 0.25) is 0 Å². The van der Waals surface area contributed by atoms with Crippen molar-refractivity contribution in [3.63, 3.8) is 0 Å². The lowest BCUT2D eigenvalue weighted by atomic mass is 10.2. The molecule has 0 fully saturated rings. The Morgan fingerprint density at radius 1 is 1.55 bits per heavy atom. The molecule has 1 aromatic carbocycles. The van der Waals surface area contributed by atoms with E-state index in [2.05, 4.69) is 21.2 Å². The first-order chi connectivity index (χ1) is 10.5. The fourth-order valence-electron chi connectivity index (χ4n) is 2.07. The quantitative estimate of drug-likeness (QED) is 0.751. The fourth-order valence-corrected chi connectivity index (χ4v) is 2.49. The number of anilines is 1. The maximum absolute atomic E-state index is 12.3. The summed E-state index contributed by atoms with van der Waals surface area (Å²) < 4.78 is 5.43. The highest BCUT2D eigenvalue weighted by Crippen LogP contribution is 2.28. The number of amides is 1. The van der Waals surface area contributed by atoms with Crippen molar-refractivity contribution in [2.75, 3.05) is 32.1 Å². The first-order valence-electron chi connectivity index (χ1n) is 6.41. The van der Waals surface area contributed by atoms with Crippen molar-refractivity contribution in [3.05, 3.63) is 39.0 Å². The number of aliphatic hydroxyl groups excluding tert-OH is 1. The summed E-state index contributed by atoms with van der Waals surface area (Å²) in [7, 11) is 1.25. The third-order valence-electron chi connectivity index (χ3n) is 3.14. The smallest absolute Gasteiger partial charge is 0.337 e. The Bertz CT molecular complexity index is 648. The van der Waals surface area contributed by atoms with Crippen LogP contribution in [0.5, 0.6) is 0 Å². The molecule has 0 radical (unpaired) electrons. The minimum Gasteiger partial charge on any atom is -0.466 e. The van der Waals surface area contributed by atoms with Gasteiger partial charge in [-0.05, 0) is 34.1 Å². The number of nitrogens with zero attached hydrogens (tertiary/aromatic N) is 1. The van der Waals surface area contributed by atoms with E-state index in [1.807, 2.05) is 0 Å². The average Bonchev–Trinajstić information content (AvgIpc) is 2.80. The zero-order valence-corrected chi connectivity index (χ0v) is 14.1. The van der Waals surface area contributed by atoms with Gasteiger partial charge in [-0.2, -0.15) is 0 Å². The Hall–Kier alpha value is -1.57. The van der Waals surface area contributed by atoms with E-state index < -0.39 is 5.97 Å². The van der Waals surface area contributed by atoms with Crippen molar-refractivity contribution in [3.8, 4) is 0 Å². The van der Waals surface area contributed by atoms with Crippen molar-refractivity contribution < 1.29 is 19.4 Å². The van der Waals surface area contributed by atoms with Crippen LogP contribution in [-0.4, -0.2) is 48.7 Å². The summed E-state index contributed by atoms with van der Waals surface area (Å²) in [5.41, 5.74) is 0.933. The number of methoxy groups -OCH3 is 1.